The number of likely N-dealkylation sites (N-methyl/N-ethyl adjacent to an activating group) is 1. The third-order valence-corrected chi connectivity index (χ3v) is 6.20. The predicted molar refractivity (Wildman–Crippen MR) is 95.0 cm³/mol. The summed E-state index contributed by atoms with van der Waals surface area (Å²) in [5, 5.41) is 0.839. The van der Waals surface area contributed by atoms with Crippen molar-refractivity contribution in [2.75, 3.05) is 32.1 Å². The topological polar surface area (TPSA) is 41.5 Å². The van der Waals surface area contributed by atoms with Gasteiger partial charge in [0.15, 0.2) is 5.82 Å². The Morgan fingerprint density at radius 1 is 1.25 bits per heavy atom. The van der Waals surface area contributed by atoms with Crippen molar-refractivity contribution in [1.82, 2.24) is 14.9 Å². The van der Waals surface area contributed by atoms with Crippen molar-refractivity contribution in [3.05, 3.63) is 26.6 Å². The average Bonchev–Trinajstić information content (AvgIpc) is 2.98. The molecule has 24 heavy (non-hydrogen) atoms. The van der Waals surface area contributed by atoms with Crippen molar-refractivity contribution < 1.29 is 9.13 Å². The number of hydrogen-bond acceptors (Lipinski definition) is 5. The van der Waals surface area contributed by atoms with E-state index >= 15 is 0 Å². The molecule has 0 unspecified atom stereocenters. The summed E-state index contributed by atoms with van der Waals surface area (Å²) < 4.78 is 20.7. The highest BCUT2D eigenvalue weighted by molar-refractivity contribution is 9.10. The second-order valence-electron chi connectivity index (χ2n) is 6.86. The fourth-order valence-corrected chi connectivity index (χ4v) is 4.10. The van der Waals surface area contributed by atoms with Gasteiger partial charge in [-0.25, -0.2) is 14.4 Å². The summed E-state index contributed by atoms with van der Waals surface area (Å²) in [4.78, 5) is 13.1. The van der Waals surface area contributed by atoms with Crippen molar-refractivity contribution in [1.29, 1.82) is 0 Å². The van der Waals surface area contributed by atoms with E-state index in [9.17, 15) is 4.39 Å². The molecule has 0 saturated carbocycles. The largest absolute Gasteiger partial charge is 0.372 e. The summed E-state index contributed by atoms with van der Waals surface area (Å²) in [5.74, 6) is 0.0622. The summed E-state index contributed by atoms with van der Waals surface area (Å²) in [6, 6.07) is 0. The van der Waals surface area contributed by atoms with Gasteiger partial charge in [0.25, 0.3) is 0 Å². The van der Waals surface area contributed by atoms with E-state index in [1.807, 2.05) is 19.0 Å². The highest BCUT2D eigenvalue weighted by atomic mass is 79.9. The first-order chi connectivity index (χ1) is 11.3. The molecule has 128 valence electrons. The van der Waals surface area contributed by atoms with E-state index in [-0.39, 0.29) is 16.2 Å². The van der Waals surface area contributed by atoms with E-state index in [2.05, 4.69) is 37.7 Å². The maximum atomic E-state index is 14.8. The molecule has 1 saturated heterocycles. The SMILES string of the molecule is CN(C)C1(C)CN(c2nc(Cl)c3c4c(c(Br)c(F)c3n2)COC4)C1. The van der Waals surface area contributed by atoms with Crippen LogP contribution in [0.1, 0.15) is 18.1 Å². The summed E-state index contributed by atoms with van der Waals surface area (Å²) in [6.45, 7) is 4.49. The van der Waals surface area contributed by atoms with Gasteiger partial charge in [0.1, 0.15) is 10.7 Å². The molecule has 8 heteroatoms. The second kappa shape index (κ2) is 5.49. The van der Waals surface area contributed by atoms with Gasteiger partial charge in [0, 0.05) is 24.0 Å². The lowest BCUT2D eigenvalue weighted by molar-refractivity contribution is 0.132. The molecule has 0 bridgehead atoms. The predicted octanol–water partition coefficient (Wildman–Crippen LogP) is 3.36. The molecule has 1 fully saturated rings. The Kier molecular flexibility index (Phi) is 3.76. The molecule has 4 rings (SSSR count). The van der Waals surface area contributed by atoms with Gasteiger partial charge in [-0.3, -0.25) is 0 Å². The maximum absolute atomic E-state index is 14.8. The minimum atomic E-state index is -0.407. The van der Waals surface area contributed by atoms with Crippen molar-refractivity contribution in [3.8, 4) is 0 Å². The van der Waals surface area contributed by atoms with E-state index in [0.29, 0.717) is 29.0 Å². The third kappa shape index (κ3) is 2.25. The first-order valence-corrected chi connectivity index (χ1v) is 8.85. The minimum absolute atomic E-state index is 0.0652. The first-order valence-electron chi connectivity index (χ1n) is 7.68. The molecule has 1 aromatic heterocycles. The summed E-state index contributed by atoms with van der Waals surface area (Å²) in [6.07, 6.45) is 0. The third-order valence-electron chi connectivity index (χ3n) is 5.10. The van der Waals surface area contributed by atoms with Crippen LogP contribution in [-0.4, -0.2) is 47.6 Å². The first kappa shape index (κ1) is 16.4. The second-order valence-corrected chi connectivity index (χ2v) is 8.01. The molecular formula is C16H17BrClFN4O. The van der Waals surface area contributed by atoms with Crippen molar-refractivity contribution >= 4 is 44.4 Å². The van der Waals surface area contributed by atoms with Crippen LogP contribution in [0.2, 0.25) is 5.15 Å². The zero-order valence-electron chi connectivity index (χ0n) is 13.7. The van der Waals surface area contributed by atoms with Crippen LogP contribution in [0, 0.1) is 5.82 Å². The molecule has 5 nitrogen and oxygen atoms in total. The van der Waals surface area contributed by atoms with Crippen LogP contribution in [0.4, 0.5) is 10.3 Å². The Hall–Kier alpha value is -1.02. The lowest BCUT2D eigenvalue weighted by atomic mass is 9.91. The molecule has 2 aliphatic heterocycles. The summed E-state index contributed by atoms with van der Waals surface area (Å²) in [5.41, 5.74) is 1.98. The Morgan fingerprint density at radius 2 is 1.92 bits per heavy atom. The monoisotopic (exact) mass is 414 g/mol. The quantitative estimate of drug-likeness (QED) is 0.704. The zero-order valence-corrected chi connectivity index (χ0v) is 16.0. The average molecular weight is 416 g/mol. The van der Waals surface area contributed by atoms with Gasteiger partial charge >= 0.3 is 0 Å². The van der Waals surface area contributed by atoms with E-state index < -0.39 is 5.82 Å². The number of hydrogen-bond donors (Lipinski definition) is 0. The molecule has 2 aliphatic rings. The highest BCUT2D eigenvalue weighted by Crippen LogP contribution is 2.40. The lowest BCUT2D eigenvalue weighted by Crippen LogP contribution is -2.67. The van der Waals surface area contributed by atoms with E-state index in [4.69, 9.17) is 16.3 Å². The smallest absolute Gasteiger partial charge is 0.227 e. The molecule has 3 heterocycles. The molecule has 2 aromatic rings. The van der Waals surface area contributed by atoms with E-state index in [1.54, 1.807) is 0 Å². The normalized spacial score (nSPS) is 19.0. The van der Waals surface area contributed by atoms with Crippen molar-refractivity contribution in [3.63, 3.8) is 0 Å². The van der Waals surface area contributed by atoms with Crippen LogP contribution < -0.4 is 4.90 Å². The number of anilines is 1. The molecule has 0 spiro atoms. The maximum Gasteiger partial charge on any atom is 0.227 e. The lowest BCUT2D eigenvalue weighted by Gasteiger charge is -2.51. The molecule has 0 amide bonds. The van der Waals surface area contributed by atoms with Crippen LogP contribution in [0.3, 0.4) is 0 Å². The number of halogens is 3. The van der Waals surface area contributed by atoms with Gasteiger partial charge in [-0.15, -0.1) is 0 Å². The number of fused-ring (bicyclic) bond motifs is 3. The van der Waals surface area contributed by atoms with Gasteiger partial charge in [0.2, 0.25) is 5.95 Å². The Morgan fingerprint density at radius 3 is 2.58 bits per heavy atom. The fraction of sp³-hybridized carbons (Fsp3) is 0.500. The molecule has 0 N–H and O–H groups in total. The van der Waals surface area contributed by atoms with Crippen LogP contribution >= 0.6 is 27.5 Å². The summed E-state index contributed by atoms with van der Waals surface area (Å²) in [7, 11) is 4.09. The minimum Gasteiger partial charge on any atom is -0.372 e. The van der Waals surface area contributed by atoms with Gasteiger partial charge in [-0.1, -0.05) is 11.6 Å². The number of rotatable bonds is 2. The van der Waals surface area contributed by atoms with E-state index in [0.717, 1.165) is 24.2 Å². The number of aromatic nitrogens is 2. The molecule has 0 radical (unpaired) electrons. The van der Waals surface area contributed by atoms with Crippen molar-refractivity contribution in [2.24, 2.45) is 0 Å². The van der Waals surface area contributed by atoms with Crippen LogP contribution in [0.25, 0.3) is 10.9 Å². The van der Waals surface area contributed by atoms with Gasteiger partial charge in [-0.05, 0) is 42.5 Å². The molecule has 0 atom stereocenters. The van der Waals surface area contributed by atoms with E-state index in [1.165, 1.54) is 0 Å². The fourth-order valence-electron chi connectivity index (χ4n) is 3.27. The van der Waals surface area contributed by atoms with Gasteiger partial charge in [0.05, 0.1) is 23.2 Å². The van der Waals surface area contributed by atoms with Gasteiger partial charge in [-0.2, -0.15) is 0 Å². The summed E-state index contributed by atoms with van der Waals surface area (Å²) >= 11 is 9.73. The molecular weight excluding hydrogens is 399 g/mol. The highest BCUT2D eigenvalue weighted by Gasteiger charge is 2.42. The zero-order chi connectivity index (χ0) is 17.2. The molecule has 0 aliphatic carbocycles. The standard InChI is InChI=1S/C16H17BrClFN4O/c1-16(22(2)3)6-23(7-16)15-20-13-10(14(18)21-15)8-4-24-5-9(8)11(17)12(13)19/h4-7H2,1-3H3. The Balaban J connectivity index is 1.82. The van der Waals surface area contributed by atoms with Crippen LogP contribution in [0.15, 0.2) is 4.47 Å². The number of benzene rings is 1. The van der Waals surface area contributed by atoms with Gasteiger partial charge < -0.3 is 14.5 Å². The Labute approximate surface area is 152 Å². The molecule has 1 aromatic carbocycles. The number of ether oxygens (including phenoxy) is 1. The van der Waals surface area contributed by atoms with Crippen LogP contribution in [0.5, 0.6) is 0 Å². The number of nitrogens with zero attached hydrogens (tertiary/aromatic N) is 4. The van der Waals surface area contributed by atoms with Crippen molar-refractivity contribution in [2.45, 2.75) is 25.7 Å². The van der Waals surface area contributed by atoms with Crippen LogP contribution in [-0.2, 0) is 18.0 Å². The Bertz CT molecular complexity index is 854.